The third-order valence-electron chi connectivity index (χ3n) is 5.43. The summed E-state index contributed by atoms with van der Waals surface area (Å²) in [6, 6.07) is 11.1. The molecule has 1 aliphatic rings. The van der Waals surface area contributed by atoms with Gasteiger partial charge in [-0.2, -0.15) is 13.2 Å². The average Bonchev–Trinajstić information content (AvgIpc) is 2.78. The minimum absolute atomic E-state index is 0.127. The number of pyridine rings is 1. The number of rotatable bonds is 6. The Balaban J connectivity index is 1.50. The van der Waals surface area contributed by atoms with Crippen LogP contribution in [0.15, 0.2) is 48.5 Å². The molecule has 192 valence electrons. The van der Waals surface area contributed by atoms with Gasteiger partial charge in [-0.3, -0.25) is 9.52 Å². The Morgan fingerprint density at radius 2 is 1.86 bits per heavy atom. The number of anilines is 3. The van der Waals surface area contributed by atoms with E-state index in [0.29, 0.717) is 28.2 Å². The highest BCUT2D eigenvalue weighted by molar-refractivity contribution is 7.92. The van der Waals surface area contributed by atoms with Crippen molar-refractivity contribution >= 4 is 55.5 Å². The summed E-state index contributed by atoms with van der Waals surface area (Å²) in [7, 11) is -3.48. The SMILES string of the molecule is CS(=O)(=O)Nc1cccc(NC(=O)[C@@H]2COC[C@H](Nc3cc(C(F)(F)F)nc4ccc(Cl)cc34)C2)c1. The van der Waals surface area contributed by atoms with Gasteiger partial charge >= 0.3 is 6.18 Å². The number of benzene rings is 2. The minimum atomic E-state index is -4.64. The van der Waals surface area contributed by atoms with Crippen molar-refractivity contribution in [3.05, 3.63) is 59.2 Å². The van der Waals surface area contributed by atoms with Gasteiger partial charge in [-0.1, -0.05) is 17.7 Å². The second-order valence-corrected chi connectivity index (χ2v) is 10.7. The van der Waals surface area contributed by atoms with Crippen molar-refractivity contribution in [3.8, 4) is 0 Å². The van der Waals surface area contributed by atoms with Crippen molar-refractivity contribution in [2.75, 3.05) is 34.8 Å². The summed E-state index contributed by atoms with van der Waals surface area (Å²) in [6.45, 7) is 0.311. The highest BCUT2D eigenvalue weighted by Crippen LogP contribution is 2.35. The lowest BCUT2D eigenvalue weighted by atomic mass is 9.97. The zero-order valence-corrected chi connectivity index (χ0v) is 20.5. The molecule has 2 heterocycles. The van der Waals surface area contributed by atoms with E-state index in [9.17, 15) is 26.4 Å². The lowest BCUT2D eigenvalue weighted by Gasteiger charge is -2.30. The number of nitrogens with one attached hydrogen (secondary N) is 3. The van der Waals surface area contributed by atoms with E-state index in [-0.39, 0.29) is 30.3 Å². The predicted molar refractivity (Wildman–Crippen MR) is 132 cm³/mol. The van der Waals surface area contributed by atoms with Crippen LogP contribution >= 0.6 is 11.6 Å². The molecule has 1 aromatic heterocycles. The fourth-order valence-electron chi connectivity index (χ4n) is 3.92. The summed E-state index contributed by atoms with van der Waals surface area (Å²) in [5, 5.41) is 6.56. The monoisotopic (exact) mass is 542 g/mol. The lowest BCUT2D eigenvalue weighted by Crippen LogP contribution is -2.40. The Labute approximate surface area is 210 Å². The van der Waals surface area contributed by atoms with Crippen molar-refractivity contribution in [1.29, 1.82) is 0 Å². The van der Waals surface area contributed by atoms with Gasteiger partial charge in [-0.05, 0) is 48.9 Å². The standard InChI is InChI=1S/C23H22ClF3N4O4S/c1-36(33,34)31-16-4-2-3-15(9-16)29-22(32)13-7-17(12-35-11-13)28-20-10-21(23(25,26)27)30-19-6-5-14(24)8-18(19)20/h2-6,8-10,13,17,31H,7,11-12H2,1H3,(H,28,30)(H,29,32)/t13-,17+/m0/s1. The molecule has 1 fully saturated rings. The van der Waals surface area contributed by atoms with E-state index in [1.807, 2.05) is 0 Å². The molecule has 0 aliphatic carbocycles. The van der Waals surface area contributed by atoms with Gasteiger partial charge in [0.05, 0.1) is 42.6 Å². The van der Waals surface area contributed by atoms with Gasteiger partial charge in [0.15, 0.2) is 0 Å². The van der Waals surface area contributed by atoms with Gasteiger partial charge < -0.3 is 15.4 Å². The van der Waals surface area contributed by atoms with Crippen molar-refractivity contribution < 1.29 is 31.1 Å². The molecular formula is C23H22ClF3N4O4S. The van der Waals surface area contributed by atoms with Gasteiger partial charge in [0.2, 0.25) is 15.9 Å². The Hall–Kier alpha value is -3.09. The Bertz CT molecular complexity index is 1400. The molecule has 36 heavy (non-hydrogen) atoms. The third-order valence-corrected chi connectivity index (χ3v) is 6.27. The number of fused-ring (bicyclic) bond motifs is 1. The first kappa shape index (κ1) is 26.0. The summed E-state index contributed by atoms with van der Waals surface area (Å²) in [6.07, 6.45) is -3.34. The first-order valence-corrected chi connectivity index (χ1v) is 13.0. The second kappa shape index (κ2) is 10.1. The first-order valence-electron chi connectivity index (χ1n) is 10.8. The van der Waals surface area contributed by atoms with E-state index in [0.717, 1.165) is 12.3 Å². The predicted octanol–water partition coefficient (Wildman–Crippen LogP) is 4.73. The van der Waals surface area contributed by atoms with Crippen LogP contribution in [0.2, 0.25) is 5.02 Å². The molecule has 1 amide bonds. The number of carbonyl (C=O) groups is 1. The van der Waals surface area contributed by atoms with Gasteiger partial charge in [-0.25, -0.2) is 13.4 Å². The molecule has 2 aromatic carbocycles. The molecule has 0 bridgehead atoms. The maximum absolute atomic E-state index is 13.4. The zero-order valence-electron chi connectivity index (χ0n) is 18.9. The smallest absolute Gasteiger partial charge is 0.379 e. The number of hydrogen-bond donors (Lipinski definition) is 3. The number of halogens is 4. The van der Waals surface area contributed by atoms with Crippen LogP contribution in [0.25, 0.3) is 10.9 Å². The molecule has 0 radical (unpaired) electrons. The summed E-state index contributed by atoms with van der Waals surface area (Å²) in [5.41, 5.74) is -0.0606. The average molecular weight is 543 g/mol. The molecule has 3 N–H and O–H groups in total. The van der Waals surface area contributed by atoms with Crippen molar-refractivity contribution in [2.24, 2.45) is 5.92 Å². The number of ether oxygens (including phenoxy) is 1. The number of sulfonamides is 1. The Kier molecular flexibility index (Phi) is 7.30. The fourth-order valence-corrected chi connectivity index (χ4v) is 4.64. The number of carbonyl (C=O) groups excluding carboxylic acids is 1. The first-order chi connectivity index (χ1) is 16.9. The van der Waals surface area contributed by atoms with Crippen molar-refractivity contribution in [1.82, 2.24) is 4.98 Å². The Morgan fingerprint density at radius 1 is 1.11 bits per heavy atom. The molecule has 4 rings (SSSR count). The molecule has 2 atom stereocenters. The minimum Gasteiger partial charge on any atom is -0.379 e. The van der Waals surface area contributed by atoms with Crippen LogP contribution in [-0.2, 0) is 25.7 Å². The van der Waals surface area contributed by atoms with E-state index in [1.165, 1.54) is 24.3 Å². The zero-order chi connectivity index (χ0) is 26.1. The highest BCUT2D eigenvalue weighted by Gasteiger charge is 2.34. The number of hydrogen-bond acceptors (Lipinski definition) is 6. The molecule has 0 saturated carbocycles. The van der Waals surface area contributed by atoms with E-state index in [2.05, 4.69) is 20.3 Å². The maximum Gasteiger partial charge on any atom is 0.433 e. The fraction of sp³-hybridized carbons (Fsp3) is 0.304. The molecule has 8 nitrogen and oxygen atoms in total. The topological polar surface area (TPSA) is 109 Å². The van der Waals surface area contributed by atoms with Gasteiger partial charge in [-0.15, -0.1) is 0 Å². The maximum atomic E-state index is 13.4. The highest BCUT2D eigenvalue weighted by atomic mass is 35.5. The number of aromatic nitrogens is 1. The van der Waals surface area contributed by atoms with Crippen LogP contribution in [0.4, 0.5) is 30.2 Å². The summed E-state index contributed by atoms with van der Waals surface area (Å²) >= 11 is 6.06. The van der Waals surface area contributed by atoms with Gasteiger partial charge in [0, 0.05) is 21.8 Å². The lowest BCUT2D eigenvalue weighted by molar-refractivity contribution is -0.140. The summed E-state index contributed by atoms with van der Waals surface area (Å²) in [4.78, 5) is 16.6. The van der Waals surface area contributed by atoms with Gasteiger partial charge in [0.1, 0.15) is 5.69 Å². The van der Waals surface area contributed by atoms with Crippen LogP contribution < -0.4 is 15.4 Å². The number of nitrogens with zero attached hydrogens (tertiary/aromatic N) is 1. The molecule has 1 saturated heterocycles. The Morgan fingerprint density at radius 3 is 2.58 bits per heavy atom. The van der Waals surface area contributed by atoms with Crippen LogP contribution in [0, 0.1) is 5.92 Å². The van der Waals surface area contributed by atoms with Crippen LogP contribution in [0.1, 0.15) is 12.1 Å². The molecule has 3 aromatic rings. The van der Waals surface area contributed by atoms with Crippen LogP contribution in [0.5, 0.6) is 0 Å². The number of alkyl halides is 3. The molecule has 0 unspecified atom stereocenters. The van der Waals surface area contributed by atoms with Crippen LogP contribution in [0.3, 0.4) is 0 Å². The second-order valence-electron chi connectivity index (χ2n) is 8.47. The normalized spacial score (nSPS) is 18.6. The van der Waals surface area contributed by atoms with E-state index in [1.54, 1.807) is 18.2 Å². The molecular weight excluding hydrogens is 521 g/mol. The van der Waals surface area contributed by atoms with Gasteiger partial charge in [0.25, 0.3) is 0 Å². The summed E-state index contributed by atoms with van der Waals surface area (Å²) < 4.78 is 71.0. The van der Waals surface area contributed by atoms with Crippen LogP contribution in [-0.4, -0.2) is 44.8 Å². The van der Waals surface area contributed by atoms with Crippen molar-refractivity contribution in [3.63, 3.8) is 0 Å². The van der Waals surface area contributed by atoms with E-state index < -0.39 is 33.9 Å². The molecule has 1 aliphatic heterocycles. The third kappa shape index (κ3) is 6.56. The number of amides is 1. The molecule has 13 heteroatoms. The molecule has 0 spiro atoms. The van der Waals surface area contributed by atoms with E-state index >= 15 is 0 Å². The quantitative estimate of drug-likeness (QED) is 0.415. The van der Waals surface area contributed by atoms with Crippen molar-refractivity contribution in [2.45, 2.75) is 18.6 Å². The largest absolute Gasteiger partial charge is 0.433 e. The van der Waals surface area contributed by atoms with E-state index in [4.69, 9.17) is 16.3 Å². The summed E-state index contributed by atoms with van der Waals surface area (Å²) in [5.74, 6) is -0.960.